The van der Waals surface area contributed by atoms with Crippen molar-refractivity contribution in [2.75, 3.05) is 13.1 Å². The lowest BCUT2D eigenvalue weighted by Crippen LogP contribution is -2.37. The highest BCUT2D eigenvalue weighted by Gasteiger charge is 2.25. The average molecular weight is 289 g/mol. The summed E-state index contributed by atoms with van der Waals surface area (Å²) < 4.78 is 38.4. The fourth-order valence-electron chi connectivity index (χ4n) is 1.62. The highest BCUT2D eigenvalue weighted by molar-refractivity contribution is 7.88. The van der Waals surface area contributed by atoms with Gasteiger partial charge in [-0.15, -0.1) is 0 Å². The standard InChI is InChI=1S/C12H16FNO4S/c1-2-7-14(8-12(15)16)19(17,18)9-10-5-3-4-6-11(10)13/h3-6H,2,7-9H2,1H3,(H,15,16). The van der Waals surface area contributed by atoms with E-state index in [1.165, 1.54) is 24.3 Å². The van der Waals surface area contributed by atoms with Crippen LogP contribution in [0.4, 0.5) is 4.39 Å². The number of carboxylic acid groups (broad SMARTS) is 1. The van der Waals surface area contributed by atoms with Crippen LogP contribution in [-0.2, 0) is 20.6 Å². The molecule has 1 aromatic rings. The monoisotopic (exact) mass is 289 g/mol. The van der Waals surface area contributed by atoms with Crippen LogP contribution in [0.2, 0.25) is 0 Å². The van der Waals surface area contributed by atoms with Crippen LogP contribution >= 0.6 is 0 Å². The maximum Gasteiger partial charge on any atom is 0.318 e. The molecule has 19 heavy (non-hydrogen) atoms. The lowest BCUT2D eigenvalue weighted by Gasteiger charge is -2.19. The van der Waals surface area contributed by atoms with Gasteiger partial charge in [0.15, 0.2) is 0 Å². The molecule has 0 radical (unpaired) electrons. The Labute approximate surface area is 111 Å². The Morgan fingerprint density at radius 3 is 2.53 bits per heavy atom. The quantitative estimate of drug-likeness (QED) is 0.824. The molecule has 0 saturated heterocycles. The fourth-order valence-corrected chi connectivity index (χ4v) is 3.20. The molecule has 0 fully saturated rings. The topological polar surface area (TPSA) is 74.7 Å². The van der Waals surface area contributed by atoms with Crippen molar-refractivity contribution in [3.05, 3.63) is 35.6 Å². The van der Waals surface area contributed by atoms with Gasteiger partial charge in [0, 0.05) is 12.1 Å². The summed E-state index contributed by atoms with van der Waals surface area (Å²) in [6, 6.07) is 5.55. The molecule has 0 saturated carbocycles. The third kappa shape index (κ3) is 4.60. The van der Waals surface area contributed by atoms with Crippen molar-refractivity contribution in [1.29, 1.82) is 0 Å². The van der Waals surface area contributed by atoms with E-state index >= 15 is 0 Å². The van der Waals surface area contributed by atoms with E-state index in [9.17, 15) is 17.6 Å². The van der Waals surface area contributed by atoms with Crippen molar-refractivity contribution in [2.24, 2.45) is 0 Å². The molecule has 0 aromatic heterocycles. The molecule has 0 aliphatic heterocycles. The lowest BCUT2D eigenvalue weighted by atomic mass is 10.2. The minimum atomic E-state index is -3.84. The van der Waals surface area contributed by atoms with Crippen LogP contribution in [0.15, 0.2) is 24.3 Å². The van der Waals surface area contributed by atoms with E-state index in [1.807, 2.05) is 0 Å². The van der Waals surface area contributed by atoms with Crippen molar-refractivity contribution in [1.82, 2.24) is 4.31 Å². The van der Waals surface area contributed by atoms with Crippen molar-refractivity contribution < 1.29 is 22.7 Å². The number of nitrogens with zero attached hydrogens (tertiary/aromatic N) is 1. The van der Waals surface area contributed by atoms with Crippen LogP contribution in [0.5, 0.6) is 0 Å². The van der Waals surface area contributed by atoms with Gasteiger partial charge in [-0.1, -0.05) is 25.1 Å². The smallest absolute Gasteiger partial charge is 0.318 e. The molecule has 0 spiro atoms. The maximum absolute atomic E-state index is 13.4. The van der Waals surface area contributed by atoms with Crippen LogP contribution in [0.25, 0.3) is 0 Å². The van der Waals surface area contributed by atoms with Gasteiger partial charge in [-0.2, -0.15) is 4.31 Å². The summed E-state index contributed by atoms with van der Waals surface area (Å²) in [7, 11) is -3.84. The zero-order valence-electron chi connectivity index (χ0n) is 10.5. The third-order valence-corrected chi connectivity index (χ3v) is 4.25. The second kappa shape index (κ2) is 6.63. The largest absolute Gasteiger partial charge is 0.480 e. The highest BCUT2D eigenvalue weighted by Crippen LogP contribution is 2.14. The number of aliphatic carboxylic acids is 1. The van der Waals surface area contributed by atoms with Crippen LogP contribution in [0.3, 0.4) is 0 Å². The molecule has 0 atom stereocenters. The SMILES string of the molecule is CCCN(CC(=O)O)S(=O)(=O)Cc1ccccc1F. The lowest BCUT2D eigenvalue weighted by molar-refractivity contribution is -0.137. The van der Waals surface area contributed by atoms with Gasteiger partial charge in [0.25, 0.3) is 0 Å². The van der Waals surface area contributed by atoms with Gasteiger partial charge in [0.2, 0.25) is 10.0 Å². The molecule has 7 heteroatoms. The minimum Gasteiger partial charge on any atom is -0.480 e. The molecule has 5 nitrogen and oxygen atoms in total. The van der Waals surface area contributed by atoms with E-state index < -0.39 is 34.1 Å². The highest BCUT2D eigenvalue weighted by atomic mass is 32.2. The van der Waals surface area contributed by atoms with Crippen LogP contribution in [0, 0.1) is 5.82 Å². The van der Waals surface area contributed by atoms with Gasteiger partial charge in [-0.05, 0) is 12.5 Å². The minimum absolute atomic E-state index is 0.0361. The van der Waals surface area contributed by atoms with Gasteiger partial charge < -0.3 is 5.11 Å². The van der Waals surface area contributed by atoms with Crippen LogP contribution in [0.1, 0.15) is 18.9 Å². The number of rotatable bonds is 7. The molecule has 0 aliphatic rings. The Morgan fingerprint density at radius 2 is 2.00 bits per heavy atom. The average Bonchev–Trinajstić information content (AvgIpc) is 2.31. The number of halogens is 1. The number of benzene rings is 1. The van der Waals surface area contributed by atoms with Crippen molar-refractivity contribution in [3.63, 3.8) is 0 Å². The van der Waals surface area contributed by atoms with Crippen LogP contribution in [-0.4, -0.2) is 36.9 Å². The number of carbonyl (C=O) groups is 1. The van der Waals surface area contributed by atoms with E-state index in [-0.39, 0.29) is 12.1 Å². The summed E-state index contributed by atoms with van der Waals surface area (Å²) in [5.41, 5.74) is 0.0361. The van der Waals surface area contributed by atoms with Crippen molar-refractivity contribution in [3.8, 4) is 0 Å². The maximum atomic E-state index is 13.4. The molecule has 0 amide bonds. The molecule has 0 heterocycles. The zero-order valence-corrected chi connectivity index (χ0v) is 11.4. The Kier molecular flexibility index (Phi) is 5.44. The van der Waals surface area contributed by atoms with E-state index in [4.69, 9.17) is 5.11 Å². The molecule has 106 valence electrons. The Balaban J connectivity index is 2.94. The molecule has 1 aromatic carbocycles. The second-order valence-electron chi connectivity index (χ2n) is 4.07. The first-order valence-corrected chi connectivity index (χ1v) is 7.40. The number of carboxylic acids is 1. The Bertz CT molecular complexity index is 544. The van der Waals surface area contributed by atoms with Gasteiger partial charge >= 0.3 is 5.97 Å². The van der Waals surface area contributed by atoms with Gasteiger partial charge in [0.05, 0.1) is 5.75 Å². The normalized spacial score (nSPS) is 11.7. The first-order chi connectivity index (χ1) is 8.86. The van der Waals surface area contributed by atoms with Crippen molar-refractivity contribution in [2.45, 2.75) is 19.1 Å². The Hall–Kier alpha value is -1.47. The van der Waals surface area contributed by atoms with E-state index in [2.05, 4.69) is 0 Å². The predicted octanol–water partition coefficient (Wildman–Crippen LogP) is 1.45. The van der Waals surface area contributed by atoms with Gasteiger partial charge in [0.1, 0.15) is 12.4 Å². The summed E-state index contributed by atoms with van der Waals surface area (Å²) in [6.07, 6.45) is 0.490. The second-order valence-corrected chi connectivity index (χ2v) is 6.04. The fraction of sp³-hybridized carbons (Fsp3) is 0.417. The Morgan fingerprint density at radius 1 is 1.37 bits per heavy atom. The molecule has 1 N–H and O–H groups in total. The molecule has 0 aliphatic carbocycles. The molecule has 0 unspecified atom stereocenters. The van der Waals surface area contributed by atoms with E-state index in [0.29, 0.717) is 6.42 Å². The zero-order chi connectivity index (χ0) is 14.5. The summed E-state index contributed by atoms with van der Waals surface area (Å²) in [5, 5.41) is 8.71. The van der Waals surface area contributed by atoms with Gasteiger partial charge in [-0.3, -0.25) is 4.79 Å². The molecular weight excluding hydrogens is 273 g/mol. The number of hydrogen-bond donors (Lipinski definition) is 1. The molecule has 0 bridgehead atoms. The first kappa shape index (κ1) is 15.6. The van der Waals surface area contributed by atoms with E-state index in [0.717, 1.165) is 4.31 Å². The molecule has 1 rings (SSSR count). The summed E-state index contributed by atoms with van der Waals surface area (Å²) in [6.45, 7) is 1.24. The predicted molar refractivity (Wildman–Crippen MR) is 68.5 cm³/mol. The summed E-state index contributed by atoms with van der Waals surface area (Å²) in [4.78, 5) is 10.7. The number of sulfonamides is 1. The summed E-state index contributed by atoms with van der Waals surface area (Å²) >= 11 is 0. The molecular formula is C12H16FNO4S. The first-order valence-electron chi connectivity index (χ1n) is 5.80. The third-order valence-electron chi connectivity index (χ3n) is 2.47. The number of hydrogen-bond acceptors (Lipinski definition) is 3. The van der Waals surface area contributed by atoms with Crippen molar-refractivity contribution >= 4 is 16.0 Å². The van der Waals surface area contributed by atoms with E-state index in [1.54, 1.807) is 6.92 Å². The van der Waals surface area contributed by atoms with Crippen LogP contribution < -0.4 is 0 Å². The van der Waals surface area contributed by atoms with Gasteiger partial charge in [-0.25, -0.2) is 12.8 Å². The summed E-state index contributed by atoms with van der Waals surface area (Å²) in [5.74, 6) is -2.38.